The van der Waals surface area contributed by atoms with Crippen molar-refractivity contribution in [1.82, 2.24) is 14.7 Å². The average molecular weight is 201 g/mol. The lowest BCUT2D eigenvalue weighted by molar-refractivity contribution is 0.0952. The molecule has 0 saturated heterocycles. The molecule has 2 aromatic heterocycles. The van der Waals surface area contributed by atoms with E-state index in [4.69, 9.17) is 0 Å². The Bertz CT molecular complexity index is 501. The Morgan fingerprint density at radius 1 is 1.60 bits per heavy atom. The highest BCUT2D eigenvalue weighted by molar-refractivity contribution is 5.93. The maximum Gasteiger partial charge on any atom is 0.270 e. The minimum atomic E-state index is -0.145. The first kappa shape index (κ1) is 9.45. The van der Waals surface area contributed by atoms with E-state index in [2.05, 4.69) is 16.9 Å². The maximum absolute atomic E-state index is 11.7. The molecule has 2 aromatic rings. The molecule has 1 amide bonds. The van der Waals surface area contributed by atoms with E-state index in [1.54, 1.807) is 16.7 Å². The molecule has 2 heterocycles. The largest absolute Gasteiger partial charge is 0.347 e. The van der Waals surface area contributed by atoms with E-state index < -0.39 is 0 Å². The monoisotopic (exact) mass is 201 g/mol. The lowest BCUT2D eigenvalue weighted by Gasteiger charge is -2.01. The molecule has 0 aliphatic carbocycles. The number of rotatable bonds is 3. The zero-order valence-electron chi connectivity index (χ0n) is 8.18. The van der Waals surface area contributed by atoms with Crippen molar-refractivity contribution in [3.05, 3.63) is 48.9 Å². The van der Waals surface area contributed by atoms with Gasteiger partial charge in [-0.1, -0.05) is 12.1 Å². The fourth-order valence-electron chi connectivity index (χ4n) is 1.36. The zero-order valence-corrected chi connectivity index (χ0v) is 8.18. The summed E-state index contributed by atoms with van der Waals surface area (Å²) in [6.07, 6.45) is 5.01. The Morgan fingerprint density at radius 3 is 3.27 bits per heavy atom. The van der Waals surface area contributed by atoms with Crippen molar-refractivity contribution in [2.45, 2.75) is 0 Å². The van der Waals surface area contributed by atoms with Gasteiger partial charge in [0.05, 0.1) is 6.20 Å². The summed E-state index contributed by atoms with van der Waals surface area (Å²) in [5.74, 6) is -0.145. The summed E-state index contributed by atoms with van der Waals surface area (Å²) in [4.78, 5) is 15.8. The van der Waals surface area contributed by atoms with Crippen LogP contribution in [0.1, 0.15) is 10.5 Å². The molecule has 4 nitrogen and oxygen atoms in total. The van der Waals surface area contributed by atoms with Gasteiger partial charge in [0.1, 0.15) is 11.3 Å². The van der Waals surface area contributed by atoms with E-state index in [1.807, 2.05) is 24.4 Å². The summed E-state index contributed by atoms with van der Waals surface area (Å²) in [7, 11) is 0. The predicted octanol–water partition coefficient (Wildman–Crippen LogP) is 1.25. The van der Waals surface area contributed by atoms with Crippen LogP contribution in [0.3, 0.4) is 0 Å². The van der Waals surface area contributed by atoms with Crippen molar-refractivity contribution < 1.29 is 4.79 Å². The summed E-state index contributed by atoms with van der Waals surface area (Å²) >= 11 is 0. The number of fused-ring (bicyclic) bond motifs is 1. The van der Waals surface area contributed by atoms with Crippen LogP contribution in [0.15, 0.2) is 43.2 Å². The normalized spacial score (nSPS) is 10.1. The van der Waals surface area contributed by atoms with Crippen LogP contribution < -0.4 is 5.32 Å². The van der Waals surface area contributed by atoms with Crippen molar-refractivity contribution in [3.8, 4) is 0 Å². The molecule has 0 aliphatic heterocycles. The van der Waals surface area contributed by atoms with E-state index in [1.165, 1.54) is 0 Å². The van der Waals surface area contributed by atoms with Crippen LogP contribution in [0.5, 0.6) is 0 Å². The lowest BCUT2D eigenvalue weighted by Crippen LogP contribution is -2.24. The van der Waals surface area contributed by atoms with Gasteiger partial charge in [-0.2, -0.15) is 0 Å². The van der Waals surface area contributed by atoms with Crippen LogP contribution in [0.4, 0.5) is 0 Å². The molecule has 0 fully saturated rings. The molecule has 0 atom stereocenters. The van der Waals surface area contributed by atoms with E-state index in [0.29, 0.717) is 12.2 Å². The predicted molar refractivity (Wildman–Crippen MR) is 57.7 cm³/mol. The maximum atomic E-state index is 11.7. The minimum absolute atomic E-state index is 0.145. The molecular weight excluding hydrogens is 190 g/mol. The molecule has 0 aliphatic rings. The number of hydrogen-bond donors (Lipinski definition) is 1. The quantitative estimate of drug-likeness (QED) is 0.760. The highest BCUT2D eigenvalue weighted by Gasteiger charge is 2.09. The van der Waals surface area contributed by atoms with E-state index >= 15 is 0 Å². The second-order valence-corrected chi connectivity index (χ2v) is 3.07. The summed E-state index contributed by atoms with van der Waals surface area (Å²) in [5, 5.41) is 2.71. The third-order valence-corrected chi connectivity index (χ3v) is 2.06. The highest BCUT2D eigenvalue weighted by Crippen LogP contribution is 2.05. The Balaban J connectivity index is 2.35. The molecule has 0 unspecified atom stereocenters. The van der Waals surface area contributed by atoms with Gasteiger partial charge in [0.25, 0.3) is 5.91 Å². The number of nitrogens with zero attached hydrogens (tertiary/aromatic N) is 2. The fourth-order valence-corrected chi connectivity index (χ4v) is 1.36. The fraction of sp³-hybridized carbons (Fsp3) is 0.0909. The number of aromatic nitrogens is 2. The molecule has 2 rings (SSSR count). The van der Waals surface area contributed by atoms with Crippen LogP contribution in [0, 0.1) is 0 Å². The molecule has 0 aromatic carbocycles. The van der Waals surface area contributed by atoms with Crippen molar-refractivity contribution >= 4 is 11.6 Å². The summed E-state index contributed by atoms with van der Waals surface area (Å²) in [6, 6.07) is 5.59. The standard InChI is InChI=1S/C11H11N3O/c1-2-6-12-11(15)9-8-13-10-5-3-4-7-14(9)10/h2-5,7-8H,1,6H2,(H,12,15). The van der Waals surface area contributed by atoms with Gasteiger partial charge in [0.15, 0.2) is 0 Å². The van der Waals surface area contributed by atoms with Gasteiger partial charge >= 0.3 is 0 Å². The third-order valence-electron chi connectivity index (χ3n) is 2.06. The van der Waals surface area contributed by atoms with E-state index in [-0.39, 0.29) is 5.91 Å². The topological polar surface area (TPSA) is 46.4 Å². The highest BCUT2D eigenvalue weighted by atomic mass is 16.1. The number of imidazole rings is 1. The molecule has 0 saturated carbocycles. The molecule has 0 spiro atoms. The first-order chi connectivity index (χ1) is 7.33. The molecule has 1 N–H and O–H groups in total. The number of hydrogen-bond acceptors (Lipinski definition) is 2. The summed E-state index contributed by atoms with van der Waals surface area (Å²) in [5.41, 5.74) is 1.30. The first-order valence-electron chi connectivity index (χ1n) is 4.64. The van der Waals surface area contributed by atoms with Gasteiger partial charge in [0.2, 0.25) is 0 Å². The average Bonchev–Trinajstić information content (AvgIpc) is 2.69. The zero-order chi connectivity index (χ0) is 10.7. The second-order valence-electron chi connectivity index (χ2n) is 3.07. The van der Waals surface area contributed by atoms with Gasteiger partial charge in [-0.15, -0.1) is 6.58 Å². The number of amides is 1. The Hall–Kier alpha value is -2.10. The van der Waals surface area contributed by atoms with Gasteiger partial charge < -0.3 is 5.32 Å². The molecule has 0 radical (unpaired) electrons. The van der Waals surface area contributed by atoms with Crippen molar-refractivity contribution in [2.24, 2.45) is 0 Å². The Kier molecular flexibility index (Phi) is 2.49. The van der Waals surface area contributed by atoms with E-state index in [9.17, 15) is 4.79 Å². The SMILES string of the molecule is C=CCNC(=O)c1cnc2ccccn12. The molecule has 0 bridgehead atoms. The van der Waals surface area contributed by atoms with Crippen LogP contribution in [-0.2, 0) is 0 Å². The van der Waals surface area contributed by atoms with Gasteiger partial charge in [-0.05, 0) is 12.1 Å². The molecular formula is C11H11N3O. The molecule has 4 heteroatoms. The van der Waals surface area contributed by atoms with Crippen molar-refractivity contribution in [3.63, 3.8) is 0 Å². The smallest absolute Gasteiger partial charge is 0.270 e. The van der Waals surface area contributed by atoms with Crippen LogP contribution >= 0.6 is 0 Å². The first-order valence-corrected chi connectivity index (χ1v) is 4.64. The molecule has 15 heavy (non-hydrogen) atoms. The van der Waals surface area contributed by atoms with Crippen LogP contribution in [0.25, 0.3) is 5.65 Å². The van der Waals surface area contributed by atoms with E-state index in [0.717, 1.165) is 5.65 Å². The third kappa shape index (κ3) is 1.74. The van der Waals surface area contributed by atoms with Gasteiger partial charge in [0, 0.05) is 12.7 Å². The molecule has 76 valence electrons. The van der Waals surface area contributed by atoms with Crippen LogP contribution in [-0.4, -0.2) is 21.8 Å². The van der Waals surface area contributed by atoms with Gasteiger partial charge in [-0.3, -0.25) is 9.20 Å². The van der Waals surface area contributed by atoms with Crippen molar-refractivity contribution in [2.75, 3.05) is 6.54 Å². The number of carbonyl (C=O) groups excluding carboxylic acids is 1. The Labute approximate surface area is 87.3 Å². The second kappa shape index (κ2) is 3.96. The van der Waals surface area contributed by atoms with Crippen molar-refractivity contribution in [1.29, 1.82) is 0 Å². The summed E-state index contributed by atoms with van der Waals surface area (Å²) < 4.78 is 1.75. The van der Waals surface area contributed by atoms with Gasteiger partial charge in [-0.25, -0.2) is 4.98 Å². The Morgan fingerprint density at radius 2 is 2.47 bits per heavy atom. The minimum Gasteiger partial charge on any atom is -0.347 e. The summed E-state index contributed by atoms with van der Waals surface area (Å²) in [6.45, 7) is 4.00. The van der Waals surface area contributed by atoms with Crippen LogP contribution in [0.2, 0.25) is 0 Å². The lowest BCUT2D eigenvalue weighted by atomic mass is 10.4. The number of carbonyl (C=O) groups is 1. The number of pyridine rings is 1. The number of nitrogens with one attached hydrogen (secondary N) is 1.